The van der Waals surface area contributed by atoms with Gasteiger partial charge in [0.25, 0.3) is 0 Å². The van der Waals surface area contributed by atoms with Crippen LogP contribution < -0.4 is 10.6 Å². The van der Waals surface area contributed by atoms with E-state index in [1.54, 1.807) is 14.2 Å². The number of hydrogen-bond acceptors (Lipinski definition) is 4. The molecule has 1 rings (SSSR count). The molecule has 2 N–H and O–H groups in total. The minimum Gasteiger partial charge on any atom is -0.385 e. The van der Waals surface area contributed by atoms with Crippen molar-refractivity contribution in [3.05, 3.63) is 0 Å². The van der Waals surface area contributed by atoms with Crippen LogP contribution in [0.3, 0.4) is 0 Å². The van der Waals surface area contributed by atoms with Gasteiger partial charge in [-0.05, 0) is 31.1 Å². The molecule has 1 fully saturated rings. The highest BCUT2D eigenvalue weighted by Gasteiger charge is 2.36. The summed E-state index contributed by atoms with van der Waals surface area (Å²) >= 11 is 0. The summed E-state index contributed by atoms with van der Waals surface area (Å²) in [6, 6.07) is 0. The number of methoxy groups -OCH3 is 1. The van der Waals surface area contributed by atoms with Gasteiger partial charge in [-0.1, -0.05) is 13.3 Å². The lowest BCUT2D eigenvalue weighted by Crippen LogP contribution is -2.47. The second-order valence-electron chi connectivity index (χ2n) is 6.56. The van der Waals surface area contributed by atoms with E-state index in [0.717, 1.165) is 32.0 Å². The summed E-state index contributed by atoms with van der Waals surface area (Å²) < 4.78 is 29.8. The van der Waals surface area contributed by atoms with Gasteiger partial charge in [0.1, 0.15) is 0 Å². The summed E-state index contributed by atoms with van der Waals surface area (Å²) in [5, 5.41) is 6.67. The molecule has 0 aromatic rings. The maximum absolute atomic E-state index is 11.5. The van der Waals surface area contributed by atoms with E-state index < -0.39 is 10.0 Å². The third-order valence-corrected chi connectivity index (χ3v) is 6.18. The molecule has 0 radical (unpaired) electrons. The van der Waals surface area contributed by atoms with Crippen molar-refractivity contribution in [2.75, 3.05) is 53.2 Å². The van der Waals surface area contributed by atoms with Crippen LogP contribution in [0.5, 0.6) is 0 Å². The Morgan fingerprint density at radius 1 is 1.33 bits per heavy atom. The van der Waals surface area contributed by atoms with Gasteiger partial charge in [0, 0.05) is 46.9 Å². The third kappa shape index (κ3) is 6.94. The van der Waals surface area contributed by atoms with Crippen LogP contribution in [-0.2, 0) is 14.8 Å². The van der Waals surface area contributed by atoms with E-state index in [9.17, 15) is 8.42 Å². The van der Waals surface area contributed by atoms with E-state index in [0.29, 0.717) is 25.0 Å². The fourth-order valence-corrected chi connectivity index (χ4v) is 3.95. The van der Waals surface area contributed by atoms with Gasteiger partial charge in [-0.3, -0.25) is 4.99 Å². The molecule has 142 valence electrons. The lowest BCUT2D eigenvalue weighted by atomic mass is 9.67. The van der Waals surface area contributed by atoms with Gasteiger partial charge in [-0.25, -0.2) is 12.7 Å². The highest BCUT2D eigenvalue weighted by Crippen LogP contribution is 2.43. The predicted octanol–water partition coefficient (Wildman–Crippen LogP) is 1.03. The Morgan fingerprint density at radius 3 is 2.50 bits per heavy atom. The monoisotopic (exact) mass is 362 g/mol. The van der Waals surface area contributed by atoms with Crippen LogP contribution in [0.1, 0.15) is 39.0 Å². The number of nitrogens with zero attached hydrogens (tertiary/aromatic N) is 2. The van der Waals surface area contributed by atoms with Crippen molar-refractivity contribution in [3.8, 4) is 0 Å². The first kappa shape index (κ1) is 21.2. The largest absolute Gasteiger partial charge is 0.385 e. The van der Waals surface area contributed by atoms with Crippen molar-refractivity contribution in [2.45, 2.75) is 39.0 Å². The topological polar surface area (TPSA) is 83.0 Å². The van der Waals surface area contributed by atoms with E-state index in [-0.39, 0.29) is 0 Å². The van der Waals surface area contributed by atoms with Gasteiger partial charge in [0.2, 0.25) is 10.0 Å². The molecule has 7 nitrogen and oxygen atoms in total. The molecular formula is C16H34N4O3S. The van der Waals surface area contributed by atoms with Crippen molar-refractivity contribution < 1.29 is 13.2 Å². The summed E-state index contributed by atoms with van der Waals surface area (Å²) in [5.74, 6) is 0.779. The van der Waals surface area contributed by atoms with E-state index in [4.69, 9.17) is 4.74 Å². The number of ether oxygens (including phenoxy) is 1. The first-order valence-electron chi connectivity index (χ1n) is 8.75. The standard InChI is InChI=1S/C16H34N4O3S/c1-5-20(24(4,21)22)12-7-11-18-15(17-2)19-14-16(8-6-9-16)10-13-23-3/h5-14H2,1-4H3,(H2,17,18,19). The average molecular weight is 363 g/mol. The van der Waals surface area contributed by atoms with Crippen LogP contribution in [-0.4, -0.2) is 71.9 Å². The second kappa shape index (κ2) is 10.2. The number of hydrogen-bond donors (Lipinski definition) is 2. The molecule has 0 aromatic heterocycles. The Bertz CT molecular complexity index is 490. The summed E-state index contributed by atoms with van der Waals surface area (Å²) in [4.78, 5) is 4.25. The number of nitrogens with one attached hydrogen (secondary N) is 2. The number of sulfonamides is 1. The quantitative estimate of drug-likeness (QED) is 0.326. The van der Waals surface area contributed by atoms with Gasteiger partial charge in [-0.2, -0.15) is 0 Å². The lowest BCUT2D eigenvalue weighted by Gasteiger charge is -2.42. The van der Waals surface area contributed by atoms with Crippen molar-refractivity contribution in [2.24, 2.45) is 10.4 Å². The third-order valence-electron chi connectivity index (χ3n) is 4.80. The SMILES string of the molecule is CCN(CCCNC(=NC)NCC1(CCOC)CCC1)S(C)(=O)=O. The normalized spacial score (nSPS) is 17.6. The maximum Gasteiger partial charge on any atom is 0.211 e. The fourth-order valence-electron chi connectivity index (χ4n) is 3.02. The van der Waals surface area contributed by atoms with Gasteiger partial charge in [0.15, 0.2) is 5.96 Å². The molecule has 24 heavy (non-hydrogen) atoms. The van der Waals surface area contributed by atoms with E-state index in [1.165, 1.54) is 29.8 Å². The highest BCUT2D eigenvalue weighted by molar-refractivity contribution is 7.88. The number of guanidine groups is 1. The molecule has 1 aliphatic carbocycles. The molecule has 0 spiro atoms. The smallest absolute Gasteiger partial charge is 0.211 e. The Balaban J connectivity index is 2.30. The van der Waals surface area contributed by atoms with Gasteiger partial charge in [0.05, 0.1) is 6.26 Å². The molecule has 0 amide bonds. The molecule has 0 unspecified atom stereocenters. The Hall–Kier alpha value is -0.860. The summed E-state index contributed by atoms with van der Waals surface area (Å²) in [7, 11) is 0.395. The van der Waals surface area contributed by atoms with Crippen LogP contribution in [0, 0.1) is 5.41 Å². The van der Waals surface area contributed by atoms with E-state index in [1.807, 2.05) is 6.92 Å². The van der Waals surface area contributed by atoms with Crippen LogP contribution in [0.2, 0.25) is 0 Å². The van der Waals surface area contributed by atoms with E-state index in [2.05, 4.69) is 15.6 Å². The molecule has 0 heterocycles. The highest BCUT2D eigenvalue weighted by atomic mass is 32.2. The first-order chi connectivity index (χ1) is 11.4. The Kier molecular flexibility index (Phi) is 9.01. The minimum atomic E-state index is -3.11. The van der Waals surface area contributed by atoms with Crippen molar-refractivity contribution in [1.29, 1.82) is 0 Å². The van der Waals surface area contributed by atoms with Crippen LogP contribution in [0.15, 0.2) is 4.99 Å². The minimum absolute atomic E-state index is 0.336. The Labute approximate surface area is 147 Å². The van der Waals surface area contributed by atoms with Gasteiger partial charge in [-0.15, -0.1) is 0 Å². The zero-order valence-corrected chi connectivity index (χ0v) is 16.4. The molecule has 0 bridgehead atoms. The summed E-state index contributed by atoms with van der Waals surface area (Å²) in [6.07, 6.45) is 6.84. The fraction of sp³-hybridized carbons (Fsp3) is 0.938. The molecule has 1 saturated carbocycles. The maximum atomic E-state index is 11.5. The van der Waals surface area contributed by atoms with Crippen LogP contribution in [0.4, 0.5) is 0 Å². The average Bonchev–Trinajstić information content (AvgIpc) is 2.50. The second-order valence-corrected chi connectivity index (χ2v) is 8.54. The molecule has 8 heteroatoms. The van der Waals surface area contributed by atoms with E-state index >= 15 is 0 Å². The summed E-state index contributed by atoms with van der Waals surface area (Å²) in [6.45, 7) is 5.28. The van der Waals surface area contributed by atoms with Crippen molar-refractivity contribution in [1.82, 2.24) is 14.9 Å². The van der Waals surface area contributed by atoms with Crippen LogP contribution in [0.25, 0.3) is 0 Å². The van der Waals surface area contributed by atoms with Crippen LogP contribution >= 0.6 is 0 Å². The summed E-state index contributed by atoms with van der Waals surface area (Å²) in [5.41, 5.74) is 0.336. The van der Waals surface area contributed by atoms with Gasteiger partial charge < -0.3 is 15.4 Å². The molecule has 0 aromatic carbocycles. The molecule has 0 atom stereocenters. The zero-order chi connectivity index (χ0) is 18.1. The molecular weight excluding hydrogens is 328 g/mol. The molecule has 0 aliphatic heterocycles. The molecule has 0 saturated heterocycles. The predicted molar refractivity (Wildman–Crippen MR) is 98.8 cm³/mol. The lowest BCUT2D eigenvalue weighted by molar-refractivity contribution is 0.0732. The van der Waals surface area contributed by atoms with Crippen molar-refractivity contribution in [3.63, 3.8) is 0 Å². The molecule has 1 aliphatic rings. The first-order valence-corrected chi connectivity index (χ1v) is 10.6. The number of rotatable bonds is 11. The number of aliphatic imine (C=N–C) groups is 1. The van der Waals surface area contributed by atoms with Crippen molar-refractivity contribution >= 4 is 16.0 Å². The van der Waals surface area contributed by atoms with Gasteiger partial charge >= 0.3 is 0 Å². The zero-order valence-electron chi connectivity index (χ0n) is 15.6. The Morgan fingerprint density at radius 2 is 2.04 bits per heavy atom.